The minimum Gasteiger partial charge on any atom is -0.481 e. The molecule has 0 aromatic rings. The molecule has 0 spiro atoms. The molecule has 0 saturated heterocycles. The first-order valence-corrected chi connectivity index (χ1v) is 12.5. The molecule has 6 heteroatoms. The number of hydrogen-bond acceptors (Lipinski definition) is 5. The summed E-state index contributed by atoms with van der Waals surface area (Å²) in [5.74, 6) is -0.940. The number of aliphatic hydroxyl groups excluding tert-OH is 2. The fourth-order valence-corrected chi connectivity index (χ4v) is 8.65. The Balaban J connectivity index is 1.85. The van der Waals surface area contributed by atoms with Gasteiger partial charge in [-0.25, -0.2) is 0 Å². The molecule has 4 aliphatic rings. The number of carboxylic acid groups (broad SMARTS) is 1. The first kappa shape index (κ1) is 24.6. The molecule has 8 atom stereocenters. The molecule has 33 heavy (non-hydrogen) atoms. The SMILES string of the molecule is C[C@H](CCC(=O)O)[C@@H]1CC(=O)[C@]2(C)C3=C(C(=O)C[C@]12C)[C@]1(C)CC[C@H](O)C(C)(C)[C@@H]1C[C@H]3O. The number of ketones is 2. The number of Topliss-reactive ketones (excluding diaryl/α,β-unsaturated/α-hetero) is 2. The average molecular weight is 461 g/mol. The molecule has 2 fully saturated rings. The Hall–Kier alpha value is -1.53. The Morgan fingerprint density at radius 3 is 2.36 bits per heavy atom. The van der Waals surface area contributed by atoms with E-state index in [4.69, 9.17) is 5.11 Å². The van der Waals surface area contributed by atoms with Crippen LogP contribution >= 0.6 is 0 Å². The second kappa shape index (κ2) is 7.48. The predicted octanol–water partition coefficient (Wildman–Crippen LogP) is 3.93. The van der Waals surface area contributed by atoms with Crippen LogP contribution in [0.4, 0.5) is 0 Å². The monoisotopic (exact) mass is 460 g/mol. The van der Waals surface area contributed by atoms with Gasteiger partial charge in [0.2, 0.25) is 0 Å². The van der Waals surface area contributed by atoms with Gasteiger partial charge in [-0.15, -0.1) is 0 Å². The van der Waals surface area contributed by atoms with E-state index in [1.54, 1.807) is 0 Å². The quantitative estimate of drug-likeness (QED) is 0.586. The topological polar surface area (TPSA) is 112 Å². The van der Waals surface area contributed by atoms with Crippen molar-refractivity contribution in [2.75, 3.05) is 0 Å². The standard InChI is InChI=1S/C27H40O6/c1-14(7-8-21(32)33)15-11-20(31)27(6)23-16(28)12-18-24(2,3)19(30)9-10-25(18,4)22(23)17(29)13-26(15,27)5/h14-16,18-19,28,30H,7-13H2,1-6H3,(H,32,33)/t14-,15+,16-,18+,19+,25-,26-,27-/m1/s1. The summed E-state index contributed by atoms with van der Waals surface area (Å²) in [6.07, 6.45) is 1.38. The Morgan fingerprint density at radius 2 is 1.76 bits per heavy atom. The van der Waals surface area contributed by atoms with Gasteiger partial charge in [0.25, 0.3) is 0 Å². The Kier molecular flexibility index (Phi) is 5.58. The zero-order valence-electron chi connectivity index (χ0n) is 20.9. The van der Waals surface area contributed by atoms with E-state index in [9.17, 15) is 24.6 Å². The minimum atomic E-state index is -0.938. The highest BCUT2D eigenvalue weighted by atomic mass is 16.4. The first-order valence-electron chi connectivity index (χ1n) is 12.5. The highest BCUT2D eigenvalue weighted by molar-refractivity contribution is 6.05. The summed E-state index contributed by atoms with van der Waals surface area (Å²) >= 11 is 0. The zero-order chi connectivity index (χ0) is 24.7. The van der Waals surface area contributed by atoms with Crippen molar-refractivity contribution in [2.24, 2.45) is 39.4 Å². The van der Waals surface area contributed by atoms with Crippen molar-refractivity contribution in [3.8, 4) is 0 Å². The van der Waals surface area contributed by atoms with Gasteiger partial charge in [0.15, 0.2) is 5.78 Å². The summed E-state index contributed by atoms with van der Waals surface area (Å²) in [6, 6.07) is 0. The smallest absolute Gasteiger partial charge is 0.303 e. The lowest BCUT2D eigenvalue weighted by Gasteiger charge is -2.61. The summed E-state index contributed by atoms with van der Waals surface area (Å²) in [5.41, 5.74) is -1.23. The summed E-state index contributed by atoms with van der Waals surface area (Å²) in [7, 11) is 0. The lowest BCUT2D eigenvalue weighted by molar-refractivity contribution is -0.142. The molecule has 0 aromatic heterocycles. The molecular weight excluding hydrogens is 420 g/mol. The summed E-state index contributed by atoms with van der Waals surface area (Å²) in [6.45, 7) is 12.1. The van der Waals surface area contributed by atoms with Crippen molar-refractivity contribution in [1.29, 1.82) is 0 Å². The number of hydrogen-bond donors (Lipinski definition) is 3. The van der Waals surface area contributed by atoms with E-state index in [2.05, 4.69) is 6.92 Å². The van der Waals surface area contributed by atoms with Gasteiger partial charge in [0.05, 0.1) is 17.6 Å². The maximum atomic E-state index is 13.9. The fourth-order valence-electron chi connectivity index (χ4n) is 8.65. The van der Waals surface area contributed by atoms with E-state index in [1.807, 2.05) is 34.6 Å². The number of aliphatic carboxylic acids is 1. The van der Waals surface area contributed by atoms with Crippen LogP contribution in [0.1, 0.15) is 86.5 Å². The number of carboxylic acids is 1. The van der Waals surface area contributed by atoms with Gasteiger partial charge in [0.1, 0.15) is 5.78 Å². The van der Waals surface area contributed by atoms with Gasteiger partial charge in [0, 0.05) is 24.8 Å². The highest BCUT2D eigenvalue weighted by Gasteiger charge is 2.70. The Morgan fingerprint density at radius 1 is 1.12 bits per heavy atom. The molecule has 2 saturated carbocycles. The highest BCUT2D eigenvalue weighted by Crippen LogP contribution is 2.70. The van der Waals surface area contributed by atoms with Crippen molar-refractivity contribution in [2.45, 2.75) is 98.7 Å². The van der Waals surface area contributed by atoms with E-state index < -0.39 is 39.8 Å². The molecular formula is C27H40O6. The van der Waals surface area contributed by atoms with Crippen LogP contribution in [-0.4, -0.2) is 45.1 Å². The van der Waals surface area contributed by atoms with E-state index in [1.165, 1.54) is 0 Å². The maximum Gasteiger partial charge on any atom is 0.303 e. The van der Waals surface area contributed by atoms with Crippen LogP contribution < -0.4 is 0 Å². The lowest BCUT2D eigenvalue weighted by Crippen LogP contribution is -2.60. The van der Waals surface area contributed by atoms with Gasteiger partial charge in [-0.2, -0.15) is 0 Å². The second-order valence-electron chi connectivity index (χ2n) is 12.7. The first-order chi connectivity index (χ1) is 15.1. The molecule has 4 aliphatic carbocycles. The molecule has 0 heterocycles. The van der Waals surface area contributed by atoms with Crippen LogP contribution in [0.25, 0.3) is 0 Å². The third-order valence-corrected chi connectivity index (χ3v) is 10.9. The van der Waals surface area contributed by atoms with Crippen LogP contribution in [0.2, 0.25) is 0 Å². The van der Waals surface area contributed by atoms with Crippen molar-refractivity contribution in [3.05, 3.63) is 11.1 Å². The van der Waals surface area contributed by atoms with Gasteiger partial charge in [-0.05, 0) is 72.2 Å². The molecule has 0 aromatic carbocycles. The van der Waals surface area contributed by atoms with Crippen LogP contribution in [-0.2, 0) is 14.4 Å². The van der Waals surface area contributed by atoms with Crippen LogP contribution in [0, 0.1) is 39.4 Å². The van der Waals surface area contributed by atoms with E-state index in [0.717, 1.165) is 0 Å². The van der Waals surface area contributed by atoms with E-state index in [-0.39, 0.29) is 42.2 Å². The molecule has 6 nitrogen and oxygen atoms in total. The molecule has 0 amide bonds. The number of allylic oxidation sites excluding steroid dienone is 1. The van der Waals surface area contributed by atoms with Crippen molar-refractivity contribution >= 4 is 17.5 Å². The van der Waals surface area contributed by atoms with Crippen molar-refractivity contribution in [3.63, 3.8) is 0 Å². The van der Waals surface area contributed by atoms with Crippen molar-refractivity contribution < 1.29 is 29.7 Å². The predicted molar refractivity (Wildman–Crippen MR) is 123 cm³/mol. The van der Waals surface area contributed by atoms with E-state index >= 15 is 0 Å². The Labute approximate surface area is 196 Å². The van der Waals surface area contributed by atoms with Gasteiger partial charge in [-0.3, -0.25) is 14.4 Å². The molecule has 0 aliphatic heterocycles. The second-order valence-corrected chi connectivity index (χ2v) is 12.7. The number of carbonyl (C=O) groups excluding carboxylic acids is 2. The summed E-state index contributed by atoms with van der Waals surface area (Å²) in [5, 5.41) is 31.4. The largest absolute Gasteiger partial charge is 0.481 e. The van der Waals surface area contributed by atoms with Gasteiger partial charge < -0.3 is 15.3 Å². The number of rotatable bonds is 4. The zero-order valence-corrected chi connectivity index (χ0v) is 20.9. The summed E-state index contributed by atoms with van der Waals surface area (Å²) in [4.78, 5) is 38.8. The average Bonchev–Trinajstić information content (AvgIpc) is 2.92. The number of fused-ring (bicyclic) bond motifs is 4. The lowest BCUT2D eigenvalue weighted by atomic mass is 9.42. The summed E-state index contributed by atoms with van der Waals surface area (Å²) < 4.78 is 0. The Bertz CT molecular complexity index is 933. The number of carbonyl (C=O) groups is 3. The van der Waals surface area contributed by atoms with E-state index in [0.29, 0.717) is 43.3 Å². The van der Waals surface area contributed by atoms with Crippen molar-refractivity contribution in [1.82, 2.24) is 0 Å². The number of aliphatic hydroxyl groups is 2. The third-order valence-electron chi connectivity index (χ3n) is 10.9. The van der Waals surface area contributed by atoms with Crippen LogP contribution in [0.15, 0.2) is 11.1 Å². The third kappa shape index (κ3) is 3.09. The van der Waals surface area contributed by atoms with Crippen LogP contribution in [0.3, 0.4) is 0 Å². The molecule has 184 valence electrons. The normalized spacial score (nSPS) is 45.3. The molecule has 0 unspecified atom stereocenters. The fraction of sp³-hybridized carbons (Fsp3) is 0.815. The van der Waals surface area contributed by atoms with Crippen LogP contribution in [0.5, 0.6) is 0 Å². The van der Waals surface area contributed by atoms with Gasteiger partial charge >= 0.3 is 5.97 Å². The molecule has 3 N–H and O–H groups in total. The van der Waals surface area contributed by atoms with Gasteiger partial charge in [-0.1, -0.05) is 34.6 Å². The minimum absolute atomic E-state index is 0.0142. The molecule has 0 bridgehead atoms. The molecule has 0 radical (unpaired) electrons. The molecule has 4 rings (SSSR count). The maximum absolute atomic E-state index is 13.9.